The van der Waals surface area contributed by atoms with Crippen molar-refractivity contribution in [1.82, 2.24) is 0 Å². The standard InChI is InChI=1S/C18H16O3/c1-19-15-11-13-9-6-8-12-7-4-5-10-14(12)16(13)18(21-3)17(15)20-2/h4-5,7,10-11H,9H2,1-3H3. The second-order valence-corrected chi connectivity index (χ2v) is 4.70. The van der Waals surface area contributed by atoms with E-state index in [1.54, 1.807) is 21.3 Å². The zero-order valence-corrected chi connectivity index (χ0v) is 12.3. The molecule has 0 spiro atoms. The van der Waals surface area contributed by atoms with E-state index >= 15 is 0 Å². The Kier molecular flexibility index (Phi) is 3.45. The molecule has 0 unspecified atom stereocenters. The van der Waals surface area contributed by atoms with Gasteiger partial charge in [0.25, 0.3) is 0 Å². The Bertz CT molecular complexity index is 751. The quantitative estimate of drug-likeness (QED) is 0.807. The Hall–Kier alpha value is -2.60. The van der Waals surface area contributed by atoms with Gasteiger partial charge in [0.1, 0.15) is 0 Å². The molecule has 2 aromatic rings. The molecule has 1 aliphatic rings. The zero-order chi connectivity index (χ0) is 14.8. The first-order valence-electron chi connectivity index (χ1n) is 6.70. The minimum atomic E-state index is 0.607. The highest BCUT2D eigenvalue weighted by molar-refractivity contribution is 5.84. The second kappa shape index (κ2) is 5.41. The van der Waals surface area contributed by atoms with Gasteiger partial charge in [0.15, 0.2) is 11.5 Å². The molecule has 0 heterocycles. The fourth-order valence-corrected chi connectivity index (χ4v) is 2.69. The van der Waals surface area contributed by atoms with Crippen LogP contribution in [0.3, 0.4) is 0 Å². The van der Waals surface area contributed by atoms with Gasteiger partial charge in [0, 0.05) is 23.1 Å². The van der Waals surface area contributed by atoms with Crippen molar-refractivity contribution in [3.8, 4) is 40.2 Å². The molecule has 0 fully saturated rings. The van der Waals surface area contributed by atoms with E-state index < -0.39 is 0 Å². The summed E-state index contributed by atoms with van der Waals surface area (Å²) in [4.78, 5) is 0. The van der Waals surface area contributed by atoms with E-state index in [4.69, 9.17) is 14.2 Å². The Balaban J connectivity index is 2.38. The maximum absolute atomic E-state index is 5.63. The van der Waals surface area contributed by atoms with Crippen molar-refractivity contribution in [3.63, 3.8) is 0 Å². The molecule has 2 aromatic carbocycles. The first-order chi connectivity index (χ1) is 10.3. The SMILES string of the molecule is COc1cc2c(c(OC)c1OC)-c1ccccc1C#CC2. The predicted octanol–water partition coefficient (Wildman–Crippen LogP) is 3.29. The molecule has 0 aliphatic heterocycles. The van der Waals surface area contributed by atoms with Crippen molar-refractivity contribution < 1.29 is 14.2 Å². The smallest absolute Gasteiger partial charge is 0.203 e. The summed E-state index contributed by atoms with van der Waals surface area (Å²) in [7, 11) is 4.89. The third kappa shape index (κ3) is 2.09. The van der Waals surface area contributed by atoms with Gasteiger partial charge in [-0.05, 0) is 17.7 Å². The molecule has 3 rings (SSSR count). The lowest BCUT2D eigenvalue weighted by Crippen LogP contribution is -2.00. The van der Waals surface area contributed by atoms with Gasteiger partial charge in [-0.1, -0.05) is 30.0 Å². The molecular weight excluding hydrogens is 264 g/mol. The number of hydrogen-bond acceptors (Lipinski definition) is 3. The van der Waals surface area contributed by atoms with E-state index in [2.05, 4.69) is 17.9 Å². The topological polar surface area (TPSA) is 27.7 Å². The average Bonchev–Trinajstić information content (AvgIpc) is 2.71. The van der Waals surface area contributed by atoms with Gasteiger partial charge in [-0.15, -0.1) is 0 Å². The molecule has 0 amide bonds. The van der Waals surface area contributed by atoms with Gasteiger partial charge in [0.05, 0.1) is 21.3 Å². The van der Waals surface area contributed by atoms with Crippen LogP contribution in [0.4, 0.5) is 0 Å². The van der Waals surface area contributed by atoms with Crippen molar-refractivity contribution in [1.29, 1.82) is 0 Å². The highest BCUT2D eigenvalue weighted by Gasteiger charge is 2.23. The zero-order valence-electron chi connectivity index (χ0n) is 12.3. The maximum atomic E-state index is 5.63. The molecule has 0 atom stereocenters. The summed E-state index contributed by atoms with van der Waals surface area (Å²) in [5.41, 5.74) is 4.17. The normalized spacial score (nSPS) is 11.4. The molecule has 106 valence electrons. The molecule has 3 heteroatoms. The number of rotatable bonds is 3. The molecule has 0 N–H and O–H groups in total. The first kappa shape index (κ1) is 13.4. The Morgan fingerprint density at radius 1 is 0.952 bits per heavy atom. The van der Waals surface area contributed by atoms with Crippen LogP contribution in [0.5, 0.6) is 17.2 Å². The Morgan fingerprint density at radius 2 is 1.71 bits per heavy atom. The van der Waals surface area contributed by atoms with E-state index in [0.29, 0.717) is 23.7 Å². The van der Waals surface area contributed by atoms with Crippen LogP contribution >= 0.6 is 0 Å². The number of ether oxygens (including phenoxy) is 3. The van der Waals surface area contributed by atoms with Gasteiger partial charge >= 0.3 is 0 Å². The van der Waals surface area contributed by atoms with Gasteiger partial charge in [-0.25, -0.2) is 0 Å². The Labute approximate surface area is 124 Å². The minimum absolute atomic E-state index is 0.607. The Morgan fingerprint density at radius 3 is 2.43 bits per heavy atom. The molecule has 0 radical (unpaired) electrons. The third-order valence-electron chi connectivity index (χ3n) is 3.61. The largest absolute Gasteiger partial charge is 0.493 e. The lowest BCUT2D eigenvalue weighted by molar-refractivity contribution is 0.325. The summed E-state index contributed by atoms with van der Waals surface area (Å²) in [5, 5.41) is 0. The van der Waals surface area contributed by atoms with Gasteiger partial charge in [0.2, 0.25) is 5.75 Å². The van der Waals surface area contributed by atoms with E-state index in [-0.39, 0.29) is 0 Å². The van der Waals surface area contributed by atoms with Crippen LogP contribution in [0.15, 0.2) is 30.3 Å². The van der Waals surface area contributed by atoms with Gasteiger partial charge in [-0.2, -0.15) is 0 Å². The lowest BCUT2D eigenvalue weighted by Gasteiger charge is -2.19. The van der Waals surface area contributed by atoms with E-state index in [1.165, 1.54) is 0 Å². The highest BCUT2D eigenvalue weighted by atomic mass is 16.5. The second-order valence-electron chi connectivity index (χ2n) is 4.70. The molecule has 21 heavy (non-hydrogen) atoms. The first-order valence-corrected chi connectivity index (χ1v) is 6.70. The van der Waals surface area contributed by atoms with Crippen LogP contribution in [0.1, 0.15) is 11.1 Å². The summed E-state index contributed by atoms with van der Waals surface area (Å²) in [6, 6.07) is 10.1. The molecule has 0 aromatic heterocycles. The fourth-order valence-electron chi connectivity index (χ4n) is 2.69. The van der Waals surface area contributed by atoms with Crippen molar-refractivity contribution >= 4 is 0 Å². The molecular formula is C18H16O3. The van der Waals surface area contributed by atoms with Crippen LogP contribution in [-0.4, -0.2) is 21.3 Å². The van der Waals surface area contributed by atoms with Gasteiger partial charge in [-0.3, -0.25) is 0 Å². The monoisotopic (exact) mass is 280 g/mol. The summed E-state index contributed by atoms with van der Waals surface area (Å²) in [6.45, 7) is 0. The van der Waals surface area contributed by atoms with Crippen LogP contribution in [-0.2, 0) is 6.42 Å². The highest BCUT2D eigenvalue weighted by Crippen LogP contribution is 2.47. The van der Waals surface area contributed by atoms with Crippen molar-refractivity contribution in [2.45, 2.75) is 6.42 Å². The van der Waals surface area contributed by atoms with Crippen LogP contribution in [0.25, 0.3) is 11.1 Å². The number of benzene rings is 2. The van der Waals surface area contributed by atoms with E-state index in [0.717, 1.165) is 22.3 Å². The summed E-state index contributed by atoms with van der Waals surface area (Å²) >= 11 is 0. The fraction of sp³-hybridized carbons (Fsp3) is 0.222. The van der Waals surface area contributed by atoms with Crippen molar-refractivity contribution in [3.05, 3.63) is 41.5 Å². The summed E-state index contributed by atoms with van der Waals surface area (Å²) in [6.07, 6.45) is 0.653. The van der Waals surface area contributed by atoms with Crippen LogP contribution < -0.4 is 14.2 Å². The molecule has 3 nitrogen and oxygen atoms in total. The summed E-state index contributed by atoms with van der Waals surface area (Å²) in [5.74, 6) is 8.36. The summed E-state index contributed by atoms with van der Waals surface area (Å²) < 4.78 is 16.5. The maximum Gasteiger partial charge on any atom is 0.203 e. The van der Waals surface area contributed by atoms with Crippen molar-refractivity contribution in [2.24, 2.45) is 0 Å². The molecule has 1 aliphatic carbocycles. The number of fused-ring (bicyclic) bond motifs is 3. The number of hydrogen-bond donors (Lipinski definition) is 0. The molecule has 0 saturated heterocycles. The van der Waals surface area contributed by atoms with Crippen LogP contribution in [0.2, 0.25) is 0 Å². The van der Waals surface area contributed by atoms with Crippen LogP contribution in [0, 0.1) is 11.8 Å². The minimum Gasteiger partial charge on any atom is -0.493 e. The average molecular weight is 280 g/mol. The van der Waals surface area contributed by atoms with E-state index in [9.17, 15) is 0 Å². The lowest BCUT2D eigenvalue weighted by atomic mass is 9.94. The molecule has 0 saturated carbocycles. The van der Waals surface area contributed by atoms with Crippen molar-refractivity contribution in [2.75, 3.05) is 21.3 Å². The van der Waals surface area contributed by atoms with E-state index in [1.807, 2.05) is 24.3 Å². The third-order valence-corrected chi connectivity index (χ3v) is 3.61. The molecule has 0 bridgehead atoms. The predicted molar refractivity (Wildman–Crippen MR) is 82.1 cm³/mol. The van der Waals surface area contributed by atoms with Gasteiger partial charge < -0.3 is 14.2 Å². The number of methoxy groups -OCH3 is 3.